The first-order chi connectivity index (χ1) is 4.89. The van der Waals surface area contributed by atoms with Gasteiger partial charge in [-0.15, -0.1) is 0 Å². The molecular formula is C6H13NO4. The van der Waals surface area contributed by atoms with Gasteiger partial charge in [-0.05, 0) is 6.92 Å². The summed E-state index contributed by atoms with van der Waals surface area (Å²) in [7, 11) is 0. The normalized spacial score (nSPS) is 58.4. The largest absolute Gasteiger partial charge is 0.389 e. The van der Waals surface area contributed by atoms with E-state index in [9.17, 15) is 5.11 Å². The second-order valence-electron chi connectivity index (χ2n) is 3.18. The highest BCUT2D eigenvalue weighted by molar-refractivity contribution is 5.09. The fraction of sp³-hybridized carbons (Fsp3) is 1.00. The first kappa shape index (κ1) is 8.89. The van der Waals surface area contributed by atoms with Crippen molar-refractivity contribution in [2.45, 2.75) is 36.9 Å². The van der Waals surface area contributed by atoms with Crippen LogP contribution in [0.2, 0.25) is 0 Å². The fourth-order valence-electron chi connectivity index (χ4n) is 1.29. The zero-order valence-electron chi connectivity index (χ0n) is 6.18. The lowest BCUT2D eigenvalue weighted by molar-refractivity contribution is -0.0832. The second kappa shape index (κ2) is 2.40. The summed E-state index contributed by atoms with van der Waals surface area (Å²) < 4.78 is 0. The molecule has 0 saturated heterocycles. The summed E-state index contributed by atoms with van der Waals surface area (Å²) in [5.74, 6) is 0. The molecule has 0 aromatic rings. The Hall–Kier alpha value is -0.200. The summed E-state index contributed by atoms with van der Waals surface area (Å²) in [6.07, 6.45) is -4.01. The molecular weight excluding hydrogens is 150 g/mol. The van der Waals surface area contributed by atoms with Gasteiger partial charge in [0, 0.05) is 0 Å². The highest BCUT2D eigenvalue weighted by Gasteiger charge is 2.54. The molecule has 5 atom stereocenters. The maximum absolute atomic E-state index is 9.38. The van der Waals surface area contributed by atoms with Crippen LogP contribution < -0.4 is 5.73 Å². The molecule has 1 rings (SSSR count). The van der Waals surface area contributed by atoms with Gasteiger partial charge in [-0.25, -0.2) is 0 Å². The summed E-state index contributed by atoms with van der Waals surface area (Å²) in [4.78, 5) is 0. The first-order valence-electron chi connectivity index (χ1n) is 3.41. The van der Waals surface area contributed by atoms with Crippen LogP contribution in [-0.4, -0.2) is 50.4 Å². The van der Waals surface area contributed by atoms with Crippen molar-refractivity contribution >= 4 is 0 Å². The molecule has 6 N–H and O–H groups in total. The Morgan fingerprint density at radius 2 is 1.64 bits per heavy atom. The molecule has 0 spiro atoms. The monoisotopic (exact) mass is 163 g/mol. The summed E-state index contributed by atoms with van der Waals surface area (Å²) in [6, 6.07) is -1.01. The van der Waals surface area contributed by atoms with Crippen molar-refractivity contribution in [1.29, 1.82) is 0 Å². The third-order valence-electron chi connectivity index (χ3n) is 2.31. The maximum Gasteiger partial charge on any atom is 0.112 e. The molecule has 0 aromatic heterocycles. The summed E-state index contributed by atoms with van der Waals surface area (Å²) in [5.41, 5.74) is 3.70. The summed E-state index contributed by atoms with van der Waals surface area (Å²) in [5, 5.41) is 36.6. The molecule has 0 amide bonds. The predicted molar refractivity (Wildman–Crippen MR) is 36.6 cm³/mol. The third-order valence-corrected chi connectivity index (χ3v) is 2.31. The average molecular weight is 163 g/mol. The van der Waals surface area contributed by atoms with E-state index >= 15 is 0 Å². The van der Waals surface area contributed by atoms with E-state index in [0.717, 1.165) is 0 Å². The molecule has 1 aliphatic carbocycles. The molecule has 0 heterocycles. The highest BCUT2D eigenvalue weighted by Crippen LogP contribution is 2.29. The second-order valence-corrected chi connectivity index (χ2v) is 3.18. The molecule has 5 heteroatoms. The SMILES string of the molecule is C[C@]1(O)C(N)[C@@H](O)[C@@H](O)[C@H]1O. The van der Waals surface area contributed by atoms with Crippen LogP contribution in [0.3, 0.4) is 0 Å². The lowest BCUT2D eigenvalue weighted by Crippen LogP contribution is -2.50. The summed E-state index contributed by atoms with van der Waals surface area (Å²) in [6.45, 7) is 1.28. The fourth-order valence-corrected chi connectivity index (χ4v) is 1.29. The number of rotatable bonds is 0. The quantitative estimate of drug-likeness (QED) is 0.264. The molecule has 5 nitrogen and oxygen atoms in total. The van der Waals surface area contributed by atoms with Gasteiger partial charge in [0.25, 0.3) is 0 Å². The van der Waals surface area contributed by atoms with Crippen LogP contribution in [0.4, 0.5) is 0 Å². The Labute approximate surface area is 64.1 Å². The number of hydrogen-bond donors (Lipinski definition) is 5. The van der Waals surface area contributed by atoms with Gasteiger partial charge < -0.3 is 26.2 Å². The van der Waals surface area contributed by atoms with E-state index in [4.69, 9.17) is 21.1 Å². The highest BCUT2D eigenvalue weighted by atomic mass is 16.4. The number of nitrogens with two attached hydrogens (primary N) is 1. The molecule has 1 aliphatic rings. The Kier molecular flexibility index (Phi) is 1.94. The Morgan fingerprint density at radius 1 is 1.18 bits per heavy atom. The molecule has 66 valence electrons. The van der Waals surface area contributed by atoms with Gasteiger partial charge >= 0.3 is 0 Å². The van der Waals surface area contributed by atoms with E-state index in [1.165, 1.54) is 6.92 Å². The molecule has 1 unspecified atom stereocenters. The zero-order valence-corrected chi connectivity index (χ0v) is 6.18. The number of hydrogen-bond acceptors (Lipinski definition) is 5. The van der Waals surface area contributed by atoms with Crippen molar-refractivity contribution in [3.8, 4) is 0 Å². The van der Waals surface area contributed by atoms with E-state index < -0.39 is 30.0 Å². The molecule has 0 aliphatic heterocycles. The first-order valence-corrected chi connectivity index (χ1v) is 3.41. The lowest BCUT2D eigenvalue weighted by atomic mass is 9.99. The smallest absolute Gasteiger partial charge is 0.112 e. The summed E-state index contributed by atoms with van der Waals surface area (Å²) >= 11 is 0. The van der Waals surface area contributed by atoms with Crippen molar-refractivity contribution in [3.05, 3.63) is 0 Å². The van der Waals surface area contributed by atoms with E-state index in [1.807, 2.05) is 0 Å². The topological polar surface area (TPSA) is 107 Å². The average Bonchev–Trinajstić information content (AvgIpc) is 2.06. The molecule has 11 heavy (non-hydrogen) atoms. The van der Waals surface area contributed by atoms with Crippen LogP contribution in [0.15, 0.2) is 0 Å². The molecule has 0 bridgehead atoms. The van der Waals surface area contributed by atoms with Crippen molar-refractivity contribution in [2.75, 3.05) is 0 Å². The minimum Gasteiger partial charge on any atom is -0.389 e. The number of aliphatic hydroxyl groups is 4. The van der Waals surface area contributed by atoms with Crippen LogP contribution in [-0.2, 0) is 0 Å². The van der Waals surface area contributed by atoms with Gasteiger partial charge in [0.15, 0.2) is 0 Å². The Bertz CT molecular complexity index is 145. The van der Waals surface area contributed by atoms with Crippen molar-refractivity contribution < 1.29 is 20.4 Å². The van der Waals surface area contributed by atoms with Crippen LogP contribution in [0.25, 0.3) is 0 Å². The van der Waals surface area contributed by atoms with Gasteiger partial charge in [-0.3, -0.25) is 0 Å². The third kappa shape index (κ3) is 1.05. The standard InChI is InChI=1S/C6H13NO4/c1-6(11)4(7)2(8)3(9)5(6)10/h2-5,8-11H,7H2,1H3/t2-,3+,4?,5+,6-/m0/s1. The molecule has 0 radical (unpaired) electrons. The van der Waals surface area contributed by atoms with Crippen LogP contribution >= 0.6 is 0 Å². The minimum absolute atomic E-state index is 1.01. The minimum atomic E-state index is -1.61. The van der Waals surface area contributed by atoms with Gasteiger partial charge in [-0.2, -0.15) is 0 Å². The Morgan fingerprint density at radius 3 is 1.73 bits per heavy atom. The van der Waals surface area contributed by atoms with Crippen molar-refractivity contribution in [1.82, 2.24) is 0 Å². The van der Waals surface area contributed by atoms with Gasteiger partial charge in [-0.1, -0.05) is 0 Å². The number of aliphatic hydroxyl groups excluding tert-OH is 3. The van der Waals surface area contributed by atoms with Gasteiger partial charge in [0.1, 0.15) is 23.9 Å². The van der Waals surface area contributed by atoms with E-state index in [2.05, 4.69) is 0 Å². The zero-order chi connectivity index (χ0) is 8.81. The van der Waals surface area contributed by atoms with E-state index in [0.29, 0.717) is 0 Å². The van der Waals surface area contributed by atoms with Crippen LogP contribution in [0, 0.1) is 0 Å². The van der Waals surface area contributed by atoms with Crippen LogP contribution in [0.1, 0.15) is 6.92 Å². The Balaban J connectivity index is 2.87. The predicted octanol–water partition coefficient (Wildman–Crippen LogP) is -2.84. The molecule has 1 fully saturated rings. The van der Waals surface area contributed by atoms with Crippen molar-refractivity contribution in [2.24, 2.45) is 5.73 Å². The maximum atomic E-state index is 9.38. The van der Waals surface area contributed by atoms with E-state index in [1.54, 1.807) is 0 Å². The molecule has 1 saturated carbocycles. The van der Waals surface area contributed by atoms with E-state index in [-0.39, 0.29) is 0 Å². The van der Waals surface area contributed by atoms with Gasteiger partial charge in [0.2, 0.25) is 0 Å². The van der Waals surface area contributed by atoms with Crippen molar-refractivity contribution in [3.63, 3.8) is 0 Å². The van der Waals surface area contributed by atoms with Crippen LogP contribution in [0.5, 0.6) is 0 Å². The van der Waals surface area contributed by atoms with Gasteiger partial charge in [0.05, 0.1) is 6.04 Å². The molecule has 0 aromatic carbocycles. The lowest BCUT2D eigenvalue weighted by Gasteiger charge is -2.25.